The second-order valence-electron chi connectivity index (χ2n) is 4.87. The van der Waals surface area contributed by atoms with Crippen molar-refractivity contribution >= 4 is 28.6 Å². The quantitative estimate of drug-likeness (QED) is 0.788. The second kappa shape index (κ2) is 4.86. The predicted octanol–water partition coefficient (Wildman–Crippen LogP) is 3.39. The van der Waals surface area contributed by atoms with Gasteiger partial charge in [0.2, 0.25) is 0 Å². The van der Waals surface area contributed by atoms with E-state index in [1.807, 2.05) is 26.0 Å². The molecule has 0 aliphatic rings. The fourth-order valence-electron chi connectivity index (χ4n) is 2.16. The Kier molecular flexibility index (Phi) is 3.14. The predicted molar refractivity (Wildman–Crippen MR) is 80.3 cm³/mol. The summed E-state index contributed by atoms with van der Waals surface area (Å²) in [5, 5.41) is 9.22. The van der Waals surface area contributed by atoms with Crippen LogP contribution in [-0.4, -0.2) is 25.6 Å². The number of carbonyl (C=O) groups is 1. The van der Waals surface area contributed by atoms with E-state index in [0.29, 0.717) is 5.82 Å². The van der Waals surface area contributed by atoms with Crippen molar-refractivity contribution in [1.82, 2.24) is 14.5 Å². The molecule has 0 amide bonds. The van der Waals surface area contributed by atoms with Crippen LogP contribution in [0.25, 0.3) is 16.9 Å². The van der Waals surface area contributed by atoms with Gasteiger partial charge in [0, 0.05) is 6.20 Å². The molecule has 0 atom stereocenters. The van der Waals surface area contributed by atoms with Gasteiger partial charge in [-0.05, 0) is 43.2 Å². The van der Waals surface area contributed by atoms with E-state index in [-0.39, 0.29) is 10.6 Å². The van der Waals surface area contributed by atoms with E-state index < -0.39 is 5.97 Å². The first-order valence-corrected chi connectivity index (χ1v) is 6.68. The standard InChI is InChI=1S/C15H12ClN3O2/c1-8-3-12-13(4-9(8)2)19(7-18-12)14-11(16)5-10(6-17-14)15(20)21/h3-7H,1-2H3,(H,20,21). The third-order valence-corrected chi connectivity index (χ3v) is 3.74. The Labute approximate surface area is 125 Å². The first-order valence-electron chi connectivity index (χ1n) is 6.31. The average Bonchev–Trinajstić information content (AvgIpc) is 2.82. The van der Waals surface area contributed by atoms with Crippen molar-refractivity contribution in [3.05, 3.63) is 52.4 Å². The molecule has 0 aliphatic carbocycles. The van der Waals surface area contributed by atoms with Gasteiger partial charge in [0.25, 0.3) is 0 Å². The largest absolute Gasteiger partial charge is 0.478 e. The van der Waals surface area contributed by atoms with Crippen molar-refractivity contribution in [1.29, 1.82) is 0 Å². The molecule has 0 spiro atoms. The van der Waals surface area contributed by atoms with Crippen molar-refractivity contribution in [3.63, 3.8) is 0 Å². The molecule has 6 heteroatoms. The van der Waals surface area contributed by atoms with Crippen LogP contribution in [0.15, 0.2) is 30.7 Å². The maximum atomic E-state index is 10.9. The summed E-state index contributed by atoms with van der Waals surface area (Å²) < 4.78 is 1.76. The van der Waals surface area contributed by atoms with Crippen LogP contribution in [0.2, 0.25) is 5.02 Å². The molecular weight excluding hydrogens is 290 g/mol. The van der Waals surface area contributed by atoms with Crippen LogP contribution >= 0.6 is 11.6 Å². The van der Waals surface area contributed by atoms with Crippen LogP contribution in [0.1, 0.15) is 21.5 Å². The zero-order valence-corrected chi connectivity index (χ0v) is 12.2. The highest BCUT2D eigenvalue weighted by Gasteiger charge is 2.13. The number of aryl methyl sites for hydroxylation is 2. The molecule has 0 saturated carbocycles. The number of fused-ring (bicyclic) bond motifs is 1. The molecule has 3 aromatic rings. The van der Waals surface area contributed by atoms with E-state index in [1.54, 1.807) is 10.9 Å². The number of rotatable bonds is 2. The summed E-state index contributed by atoms with van der Waals surface area (Å²) in [6.07, 6.45) is 2.93. The lowest BCUT2D eigenvalue weighted by Gasteiger charge is -2.07. The minimum atomic E-state index is -1.06. The Hall–Kier alpha value is -2.40. The summed E-state index contributed by atoms with van der Waals surface area (Å²) in [5.74, 6) is -0.592. The number of imidazole rings is 1. The number of aromatic nitrogens is 3. The Bertz CT molecular complexity index is 871. The van der Waals surface area contributed by atoms with E-state index in [9.17, 15) is 4.79 Å². The Morgan fingerprint density at radius 2 is 1.90 bits per heavy atom. The highest BCUT2D eigenvalue weighted by molar-refractivity contribution is 6.32. The van der Waals surface area contributed by atoms with Gasteiger partial charge in [0.05, 0.1) is 21.6 Å². The van der Waals surface area contributed by atoms with Gasteiger partial charge < -0.3 is 5.11 Å². The number of halogens is 1. The zero-order valence-electron chi connectivity index (χ0n) is 11.5. The van der Waals surface area contributed by atoms with Crippen molar-refractivity contribution in [2.45, 2.75) is 13.8 Å². The van der Waals surface area contributed by atoms with Crippen LogP contribution in [0, 0.1) is 13.8 Å². The first-order chi connectivity index (χ1) is 9.97. The van der Waals surface area contributed by atoms with Gasteiger partial charge in [-0.1, -0.05) is 11.6 Å². The lowest BCUT2D eigenvalue weighted by atomic mass is 10.1. The molecule has 106 valence electrons. The number of nitrogens with zero attached hydrogens (tertiary/aromatic N) is 3. The number of pyridine rings is 1. The number of carboxylic acid groups (broad SMARTS) is 1. The molecule has 0 radical (unpaired) electrons. The molecule has 0 fully saturated rings. The van der Waals surface area contributed by atoms with Gasteiger partial charge in [0.15, 0.2) is 5.82 Å². The van der Waals surface area contributed by atoms with Gasteiger partial charge in [0.1, 0.15) is 6.33 Å². The average molecular weight is 302 g/mol. The molecule has 0 unspecified atom stereocenters. The van der Waals surface area contributed by atoms with E-state index >= 15 is 0 Å². The maximum Gasteiger partial charge on any atom is 0.337 e. The Morgan fingerprint density at radius 1 is 1.19 bits per heavy atom. The Morgan fingerprint density at radius 3 is 2.57 bits per heavy atom. The summed E-state index contributed by atoms with van der Waals surface area (Å²) in [7, 11) is 0. The fraction of sp³-hybridized carbons (Fsp3) is 0.133. The molecule has 5 nitrogen and oxygen atoms in total. The van der Waals surface area contributed by atoms with Crippen molar-refractivity contribution in [2.75, 3.05) is 0 Å². The normalized spacial score (nSPS) is 11.0. The first kappa shape index (κ1) is 13.6. The molecule has 0 bridgehead atoms. The molecule has 0 aliphatic heterocycles. The lowest BCUT2D eigenvalue weighted by molar-refractivity contribution is 0.0696. The summed E-state index contributed by atoms with van der Waals surface area (Å²) in [6.45, 7) is 4.05. The number of benzene rings is 1. The van der Waals surface area contributed by atoms with Gasteiger partial charge in [-0.15, -0.1) is 0 Å². The third-order valence-electron chi connectivity index (χ3n) is 3.46. The van der Waals surface area contributed by atoms with Crippen LogP contribution in [0.4, 0.5) is 0 Å². The Balaban J connectivity index is 2.21. The van der Waals surface area contributed by atoms with Crippen LogP contribution in [-0.2, 0) is 0 Å². The highest BCUT2D eigenvalue weighted by Crippen LogP contribution is 2.25. The van der Waals surface area contributed by atoms with Gasteiger partial charge in [-0.3, -0.25) is 4.57 Å². The molecule has 1 N–H and O–H groups in total. The molecule has 0 saturated heterocycles. The van der Waals surface area contributed by atoms with Gasteiger partial charge in [-0.2, -0.15) is 0 Å². The van der Waals surface area contributed by atoms with Crippen molar-refractivity contribution < 1.29 is 9.90 Å². The highest BCUT2D eigenvalue weighted by atomic mass is 35.5. The van der Waals surface area contributed by atoms with Crippen LogP contribution in [0.3, 0.4) is 0 Å². The minimum Gasteiger partial charge on any atom is -0.478 e. The minimum absolute atomic E-state index is 0.0557. The van der Waals surface area contributed by atoms with Crippen LogP contribution < -0.4 is 0 Å². The summed E-state index contributed by atoms with van der Waals surface area (Å²) in [4.78, 5) is 19.4. The fourth-order valence-corrected chi connectivity index (χ4v) is 2.42. The summed E-state index contributed by atoms with van der Waals surface area (Å²) in [6, 6.07) is 5.40. The second-order valence-corrected chi connectivity index (χ2v) is 5.28. The van der Waals surface area contributed by atoms with E-state index in [0.717, 1.165) is 22.2 Å². The number of hydrogen-bond acceptors (Lipinski definition) is 3. The maximum absolute atomic E-state index is 10.9. The van der Waals surface area contributed by atoms with E-state index in [2.05, 4.69) is 9.97 Å². The van der Waals surface area contributed by atoms with E-state index in [1.165, 1.54) is 12.3 Å². The van der Waals surface area contributed by atoms with Gasteiger partial charge >= 0.3 is 5.97 Å². The van der Waals surface area contributed by atoms with E-state index in [4.69, 9.17) is 16.7 Å². The number of aromatic carboxylic acids is 1. The molecule has 3 rings (SSSR count). The number of hydrogen-bond donors (Lipinski definition) is 1. The molecular formula is C15H12ClN3O2. The summed E-state index contributed by atoms with van der Waals surface area (Å²) in [5.41, 5.74) is 4.09. The third kappa shape index (κ3) is 2.25. The van der Waals surface area contributed by atoms with Crippen molar-refractivity contribution in [2.24, 2.45) is 0 Å². The smallest absolute Gasteiger partial charge is 0.337 e. The monoisotopic (exact) mass is 301 g/mol. The molecule has 21 heavy (non-hydrogen) atoms. The number of carboxylic acids is 1. The molecule has 2 heterocycles. The summed E-state index contributed by atoms with van der Waals surface area (Å²) >= 11 is 6.16. The SMILES string of the molecule is Cc1cc2ncn(-c3ncc(C(=O)O)cc3Cl)c2cc1C. The van der Waals surface area contributed by atoms with Crippen molar-refractivity contribution in [3.8, 4) is 5.82 Å². The molecule has 2 aromatic heterocycles. The lowest BCUT2D eigenvalue weighted by Crippen LogP contribution is -2.02. The molecule has 1 aromatic carbocycles. The van der Waals surface area contributed by atoms with Gasteiger partial charge in [-0.25, -0.2) is 14.8 Å². The zero-order chi connectivity index (χ0) is 15.1. The topological polar surface area (TPSA) is 68.0 Å². The van der Waals surface area contributed by atoms with Crippen LogP contribution in [0.5, 0.6) is 0 Å².